The van der Waals surface area contributed by atoms with E-state index in [-0.39, 0.29) is 22.6 Å². The molecule has 6 nitrogen and oxygen atoms in total. The van der Waals surface area contributed by atoms with Crippen LogP contribution in [0.15, 0.2) is 52.7 Å². The van der Waals surface area contributed by atoms with E-state index in [1.165, 1.54) is 38.9 Å². The predicted octanol–water partition coefficient (Wildman–Crippen LogP) is 5.98. The van der Waals surface area contributed by atoms with Crippen LogP contribution in [0.2, 0.25) is 0 Å². The Hall–Kier alpha value is -2.55. The molecule has 1 N–H and O–H groups in total. The Morgan fingerprint density at radius 2 is 1.59 bits per heavy atom. The minimum absolute atomic E-state index is 0.191. The van der Waals surface area contributed by atoms with E-state index in [4.69, 9.17) is 0 Å². The standard InChI is InChI=1S/C26H33N3O3S2/c1-17(2)14-29(15-18(3)4)34(31,32)23-11-9-21(10-12-23)25(30)28-26-27-24(16-33-26)22-8-7-19(5)20(6)13-22/h7-13,16-18H,14-15H2,1-6H3,(H,27,28,30). The first-order chi connectivity index (χ1) is 16.0. The van der Waals surface area contributed by atoms with Gasteiger partial charge in [-0.25, -0.2) is 13.4 Å². The number of aromatic nitrogens is 1. The van der Waals surface area contributed by atoms with E-state index in [0.717, 1.165) is 11.3 Å². The molecule has 182 valence electrons. The average molecular weight is 500 g/mol. The molecule has 0 radical (unpaired) electrons. The third-order valence-corrected chi connectivity index (χ3v) is 8.02. The number of hydrogen-bond donors (Lipinski definition) is 1. The molecule has 34 heavy (non-hydrogen) atoms. The smallest absolute Gasteiger partial charge is 0.257 e. The van der Waals surface area contributed by atoms with Crippen LogP contribution in [-0.4, -0.2) is 36.7 Å². The third-order valence-electron chi connectivity index (χ3n) is 5.42. The number of rotatable bonds is 9. The summed E-state index contributed by atoms with van der Waals surface area (Å²) >= 11 is 1.35. The number of hydrogen-bond acceptors (Lipinski definition) is 5. The number of thiazole rings is 1. The van der Waals surface area contributed by atoms with Crippen molar-refractivity contribution < 1.29 is 13.2 Å². The number of carbonyl (C=O) groups is 1. The van der Waals surface area contributed by atoms with Crippen molar-refractivity contribution in [3.05, 3.63) is 64.5 Å². The fourth-order valence-electron chi connectivity index (χ4n) is 3.55. The molecule has 0 aliphatic carbocycles. The molecular weight excluding hydrogens is 466 g/mol. The Morgan fingerprint density at radius 3 is 2.15 bits per heavy atom. The Labute approximate surface area is 207 Å². The molecule has 0 aliphatic rings. The van der Waals surface area contributed by atoms with Gasteiger partial charge in [-0.2, -0.15) is 4.31 Å². The molecule has 0 saturated carbocycles. The second-order valence-electron chi connectivity index (χ2n) is 9.43. The Bertz CT molecular complexity index is 1240. The number of amides is 1. The monoisotopic (exact) mass is 499 g/mol. The van der Waals surface area contributed by atoms with Crippen LogP contribution in [0.25, 0.3) is 11.3 Å². The highest BCUT2D eigenvalue weighted by Crippen LogP contribution is 2.27. The van der Waals surface area contributed by atoms with Gasteiger partial charge in [-0.1, -0.05) is 39.8 Å². The minimum atomic E-state index is -3.64. The van der Waals surface area contributed by atoms with Crippen molar-refractivity contribution in [2.75, 3.05) is 18.4 Å². The van der Waals surface area contributed by atoms with Crippen LogP contribution in [0.4, 0.5) is 5.13 Å². The Morgan fingerprint density at radius 1 is 0.971 bits per heavy atom. The summed E-state index contributed by atoms with van der Waals surface area (Å²) in [5, 5.41) is 5.22. The summed E-state index contributed by atoms with van der Waals surface area (Å²) in [5.74, 6) is 0.0994. The number of benzene rings is 2. The maximum atomic E-state index is 13.2. The molecule has 2 aromatic carbocycles. The molecule has 0 bridgehead atoms. The molecule has 0 fully saturated rings. The van der Waals surface area contributed by atoms with Gasteiger partial charge in [0.25, 0.3) is 5.91 Å². The van der Waals surface area contributed by atoms with Gasteiger partial charge in [0.2, 0.25) is 10.0 Å². The fourth-order valence-corrected chi connectivity index (χ4v) is 6.03. The highest BCUT2D eigenvalue weighted by molar-refractivity contribution is 7.89. The van der Waals surface area contributed by atoms with Crippen LogP contribution >= 0.6 is 11.3 Å². The lowest BCUT2D eigenvalue weighted by Crippen LogP contribution is -2.37. The van der Waals surface area contributed by atoms with E-state index in [2.05, 4.69) is 36.3 Å². The van der Waals surface area contributed by atoms with E-state index in [9.17, 15) is 13.2 Å². The lowest BCUT2D eigenvalue weighted by Gasteiger charge is -2.25. The lowest BCUT2D eigenvalue weighted by molar-refractivity contribution is 0.102. The van der Waals surface area contributed by atoms with Gasteiger partial charge in [0.15, 0.2) is 5.13 Å². The molecule has 1 heterocycles. The van der Waals surface area contributed by atoms with Crippen molar-refractivity contribution in [1.82, 2.24) is 9.29 Å². The van der Waals surface area contributed by atoms with Crippen molar-refractivity contribution in [3.63, 3.8) is 0 Å². The van der Waals surface area contributed by atoms with Gasteiger partial charge in [-0.05, 0) is 67.1 Å². The lowest BCUT2D eigenvalue weighted by atomic mass is 10.1. The number of carbonyl (C=O) groups excluding carboxylic acids is 1. The highest BCUT2D eigenvalue weighted by Gasteiger charge is 2.26. The van der Waals surface area contributed by atoms with Gasteiger partial charge in [0.05, 0.1) is 10.6 Å². The number of nitrogens with one attached hydrogen (secondary N) is 1. The molecule has 8 heteroatoms. The van der Waals surface area contributed by atoms with Crippen molar-refractivity contribution >= 4 is 32.4 Å². The Kier molecular flexibility index (Phi) is 8.28. The van der Waals surface area contributed by atoms with Crippen LogP contribution in [0.5, 0.6) is 0 Å². The molecule has 0 spiro atoms. The SMILES string of the molecule is Cc1ccc(-c2csc(NC(=O)c3ccc(S(=O)(=O)N(CC(C)C)CC(C)C)cc3)n2)cc1C. The van der Waals surface area contributed by atoms with Gasteiger partial charge >= 0.3 is 0 Å². The van der Waals surface area contributed by atoms with Gasteiger partial charge in [-0.15, -0.1) is 11.3 Å². The molecule has 1 amide bonds. The van der Waals surface area contributed by atoms with Crippen LogP contribution < -0.4 is 5.32 Å². The predicted molar refractivity (Wildman–Crippen MR) is 140 cm³/mol. The molecular formula is C26H33N3O3S2. The molecule has 1 aromatic heterocycles. The minimum Gasteiger partial charge on any atom is -0.298 e. The zero-order chi connectivity index (χ0) is 25.0. The van der Waals surface area contributed by atoms with Gasteiger partial charge in [0.1, 0.15) is 0 Å². The van der Waals surface area contributed by atoms with E-state index in [1.54, 1.807) is 12.1 Å². The van der Waals surface area contributed by atoms with Gasteiger partial charge < -0.3 is 0 Å². The van der Waals surface area contributed by atoms with E-state index in [0.29, 0.717) is 23.8 Å². The first-order valence-electron chi connectivity index (χ1n) is 11.4. The maximum absolute atomic E-state index is 13.2. The first-order valence-corrected chi connectivity index (χ1v) is 13.7. The third kappa shape index (κ3) is 6.31. The first kappa shape index (κ1) is 26.1. The van der Waals surface area contributed by atoms with Gasteiger partial charge in [-0.3, -0.25) is 10.1 Å². The highest BCUT2D eigenvalue weighted by atomic mass is 32.2. The largest absolute Gasteiger partial charge is 0.298 e. The van der Waals surface area contributed by atoms with Gasteiger partial charge in [0, 0.05) is 29.6 Å². The quantitative estimate of drug-likeness (QED) is 0.393. The normalized spacial score (nSPS) is 12.0. The van der Waals surface area contributed by atoms with Crippen LogP contribution in [0.3, 0.4) is 0 Å². The molecule has 0 atom stereocenters. The number of sulfonamides is 1. The van der Waals surface area contributed by atoms with Crippen molar-refractivity contribution in [2.24, 2.45) is 11.8 Å². The number of nitrogens with zero attached hydrogens (tertiary/aromatic N) is 2. The van der Waals surface area contributed by atoms with Crippen molar-refractivity contribution in [1.29, 1.82) is 0 Å². The summed E-state index contributed by atoms with van der Waals surface area (Å²) in [6.45, 7) is 13.0. The van der Waals surface area contributed by atoms with Crippen molar-refractivity contribution in [2.45, 2.75) is 46.4 Å². The van der Waals surface area contributed by atoms with E-state index >= 15 is 0 Å². The molecule has 0 saturated heterocycles. The van der Waals surface area contributed by atoms with E-state index in [1.807, 2.05) is 39.1 Å². The summed E-state index contributed by atoms with van der Waals surface area (Å²) in [6.07, 6.45) is 0. The number of anilines is 1. The average Bonchev–Trinajstić information content (AvgIpc) is 3.23. The summed E-state index contributed by atoms with van der Waals surface area (Å²) in [4.78, 5) is 17.5. The zero-order valence-electron chi connectivity index (χ0n) is 20.6. The summed E-state index contributed by atoms with van der Waals surface area (Å²) < 4.78 is 27.9. The van der Waals surface area contributed by atoms with Crippen LogP contribution in [0, 0.1) is 25.7 Å². The number of aryl methyl sites for hydroxylation is 2. The zero-order valence-corrected chi connectivity index (χ0v) is 22.3. The summed E-state index contributed by atoms with van der Waals surface area (Å²) in [7, 11) is -3.64. The molecule has 3 rings (SSSR count). The molecule has 0 aliphatic heterocycles. The van der Waals surface area contributed by atoms with Crippen molar-refractivity contribution in [3.8, 4) is 11.3 Å². The van der Waals surface area contributed by atoms with Crippen LogP contribution in [0.1, 0.15) is 49.2 Å². The molecule has 0 unspecified atom stereocenters. The second-order valence-corrected chi connectivity index (χ2v) is 12.2. The second kappa shape index (κ2) is 10.8. The topological polar surface area (TPSA) is 79.4 Å². The summed E-state index contributed by atoms with van der Waals surface area (Å²) in [5.41, 5.74) is 4.59. The van der Waals surface area contributed by atoms with E-state index < -0.39 is 10.0 Å². The summed E-state index contributed by atoms with van der Waals surface area (Å²) in [6, 6.07) is 12.2. The van der Waals surface area contributed by atoms with Crippen LogP contribution in [-0.2, 0) is 10.0 Å². The Balaban J connectivity index is 1.74. The molecule has 3 aromatic rings. The maximum Gasteiger partial charge on any atom is 0.257 e. The fraction of sp³-hybridized carbons (Fsp3) is 0.385.